The van der Waals surface area contributed by atoms with E-state index in [0.29, 0.717) is 18.8 Å². The second kappa shape index (κ2) is 7.46. The lowest BCUT2D eigenvalue weighted by Crippen LogP contribution is -2.28. The summed E-state index contributed by atoms with van der Waals surface area (Å²) in [6.07, 6.45) is 4.46. The first kappa shape index (κ1) is 17.1. The molecule has 1 aliphatic rings. The highest BCUT2D eigenvalue weighted by Gasteiger charge is 2.22. The number of anilines is 1. The first-order chi connectivity index (χ1) is 12.1. The van der Waals surface area contributed by atoms with Crippen molar-refractivity contribution in [3.8, 4) is 11.5 Å². The number of hydrogen-bond donors (Lipinski definition) is 2. The third-order valence-electron chi connectivity index (χ3n) is 4.03. The summed E-state index contributed by atoms with van der Waals surface area (Å²) in [5.74, 6) is 1.66. The van der Waals surface area contributed by atoms with Gasteiger partial charge in [-0.3, -0.25) is 4.68 Å². The molecule has 0 bridgehead atoms. The van der Waals surface area contributed by atoms with E-state index < -0.39 is 0 Å². The number of benzene rings is 1. The fourth-order valence-corrected chi connectivity index (χ4v) is 2.86. The molecule has 0 fully saturated rings. The summed E-state index contributed by atoms with van der Waals surface area (Å²) in [4.78, 5) is 12.1. The second-order valence-electron chi connectivity index (χ2n) is 6.03. The number of nitrogens with one attached hydrogen (secondary N) is 2. The lowest BCUT2D eigenvalue weighted by Gasteiger charge is -2.13. The molecule has 1 aromatic carbocycles. The number of urea groups is 1. The zero-order valence-corrected chi connectivity index (χ0v) is 14.8. The van der Waals surface area contributed by atoms with Gasteiger partial charge >= 0.3 is 6.03 Å². The number of ether oxygens (including phenoxy) is 2. The highest BCUT2D eigenvalue weighted by molar-refractivity contribution is 5.88. The molecule has 1 atom stereocenters. The van der Waals surface area contributed by atoms with E-state index in [4.69, 9.17) is 9.47 Å². The van der Waals surface area contributed by atoms with Gasteiger partial charge in [-0.15, -0.1) is 0 Å². The first-order valence-electron chi connectivity index (χ1n) is 8.61. The van der Waals surface area contributed by atoms with Crippen LogP contribution >= 0.6 is 0 Å². The maximum absolute atomic E-state index is 12.1. The zero-order valence-electron chi connectivity index (χ0n) is 14.8. The summed E-state index contributed by atoms with van der Waals surface area (Å²) in [6.45, 7) is 7.67. The number of nitrogens with zero attached hydrogens (tertiary/aromatic N) is 2. The van der Waals surface area contributed by atoms with Crippen molar-refractivity contribution in [1.29, 1.82) is 0 Å². The summed E-state index contributed by atoms with van der Waals surface area (Å²) >= 11 is 0. The van der Waals surface area contributed by atoms with Crippen LogP contribution in [-0.4, -0.2) is 28.5 Å². The lowest BCUT2D eigenvalue weighted by atomic mass is 10.1. The van der Waals surface area contributed by atoms with Gasteiger partial charge in [0.25, 0.3) is 0 Å². The number of amides is 2. The van der Waals surface area contributed by atoms with Crippen molar-refractivity contribution in [3.63, 3.8) is 0 Å². The minimum absolute atomic E-state index is 0.172. The average Bonchev–Trinajstić information content (AvgIpc) is 3.17. The van der Waals surface area contributed by atoms with Gasteiger partial charge in [-0.2, -0.15) is 5.10 Å². The van der Waals surface area contributed by atoms with Gasteiger partial charge < -0.3 is 20.1 Å². The molecule has 7 nitrogen and oxygen atoms in total. The van der Waals surface area contributed by atoms with E-state index in [1.807, 2.05) is 32.9 Å². The van der Waals surface area contributed by atoms with Gasteiger partial charge in [0.1, 0.15) is 17.6 Å². The highest BCUT2D eigenvalue weighted by Crippen LogP contribution is 2.35. The van der Waals surface area contributed by atoms with Gasteiger partial charge in [-0.1, -0.05) is 0 Å². The van der Waals surface area contributed by atoms with Gasteiger partial charge in [-0.25, -0.2) is 4.79 Å². The Hall–Kier alpha value is -2.70. The molecule has 0 saturated carbocycles. The highest BCUT2D eigenvalue weighted by atomic mass is 16.5. The topological polar surface area (TPSA) is 77.4 Å². The lowest BCUT2D eigenvalue weighted by molar-refractivity contribution is 0.250. The molecular weight excluding hydrogens is 320 g/mol. The molecule has 7 heteroatoms. The summed E-state index contributed by atoms with van der Waals surface area (Å²) < 4.78 is 13.3. The standard InChI is InChI=1S/C18H24N4O3/c1-4-22-11-15(10-20-22)21-18(23)19-9-14-8-17-13(6-12(3)25-17)7-16(14)24-5-2/h7-8,10-12H,4-6,9H2,1-3H3,(H2,19,21,23)/t12-/m0/s1. The molecule has 2 amide bonds. The Balaban J connectivity index is 1.65. The third kappa shape index (κ3) is 4.04. The summed E-state index contributed by atoms with van der Waals surface area (Å²) in [5, 5.41) is 9.75. The molecule has 25 heavy (non-hydrogen) atoms. The molecule has 3 rings (SSSR count). The van der Waals surface area contributed by atoms with Crippen molar-refractivity contribution >= 4 is 11.7 Å². The van der Waals surface area contributed by atoms with E-state index in [1.165, 1.54) is 0 Å². The minimum Gasteiger partial charge on any atom is -0.494 e. The monoisotopic (exact) mass is 344 g/mol. The Bertz CT molecular complexity index is 757. The third-order valence-corrected chi connectivity index (χ3v) is 4.03. The van der Waals surface area contributed by atoms with E-state index in [1.54, 1.807) is 17.1 Å². The van der Waals surface area contributed by atoms with Gasteiger partial charge in [0.05, 0.1) is 18.5 Å². The van der Waals surface area contributed by atoms with Crippen LogP contribution in [0.15, 0.2) is 24.5 Å². The number of aromatic nitrogens is 2. The van der Waals surface area contributed by atoms with Crippen molar-refractivity contribution < 1.29 is 14.3 Å². The van der Waals surface area contributed by atoms with Crippen LogP contribution in [0.1, 0.15) is 31.9 Å². The molecule has 2 N–H and O–H groups in total. The van der Waals surface area contributed by atoms with Gasteiger partial charge in [0.2, 0.25) is 0 Å². The Morgan fingerprint density at radius 2 is 2.28 bits per heavy atom. The molecule has 2 aromatic rings. The molecule has 1 aliphatic heterocycles. The maximum atomic E-state index is 12.1. The van der Waals surface area contributed by atoms with Crippen molar-refractivity contribution in [2.45, 2.75) is 46.4 Å². The molecule has 0 saturated heterocycles. The van der Waals surface area contributed by atoms with Crippen LogP contribution in [0.4, 0.5) is 10.5 Å². The van der Waals surface area contributed by atoms with Gasteiger partial charge in [0.15, 0.2) is 0 Å². The van der Waals surface area contributed by atoms with Crippen LogP contribution in [0.25, 0.3) is 0 Å². The number of fused-ring (bicyclic) bond motifs is 1. The smallest absolute Gasteiger partial charge is 0.319 e. The van der Waals surface area contributed by atoms with Crippen molar-refractivity contribution in [2.75, 3.05) is 11.9 Å². The predicted octanol–water partition coefficient (Wildman–Crippen LogP) is 2.95. The van der Waals surface area contributed by atoms with Crippen LogP contribution in [-0.2, 0) is 19.5 Å². The molecule has 0 aliphatic carbocycles. The van der Waals surface area contributed by atoms with E-state index in [2.05, 4.69) is 15.7 Å². The SMILES string of the molecule is CCOc1cc2c(cc1CNC(=O)Nc1cnn(CC)c1)O[C@@H](C)C2. The normalized spacial score (nSPS) is 15.4. The number of aryl methyl sites for hydroxylation is 1. The Labute approximate surface area is 147 Å². The maximum Gasteiger partial charge on any atom is 0.319 e. The van der Waals surface area contributed by atoms with Crippen LogP contribution in [0.3, 0.4) is 0 Å². The molecular formula is C18H24N4O3. The fourth-order valence-electron chi connectivity index (χ4n) is 2.86. The summed E-state index contributed by atoms with van der Waals surface area (Å²) in [6, 6.07) is 3.69. The predicted molar refractivity (Wildman–Crippen MR) is 95.2 cm³/mol. The Kier molecular flexibility index (Phi) is 5.11. The second-order valence-corrected chi connectivity index (χ2v) is 6.03. The average molecular weight is 344 g/mol. The summed E-state index contributed by atoms with van der Waals surface area (Å²) in [7, 11) is 0. The Morgan fingerprint density at radius 1 is 1.44 bits per heavy atom. The van der Waals surface area contributed by atoms with Crippen LogP contribution in [0.2, 0.25) is 0 Å². The van der Waals surface area contributed by atoms with Crippen molar-refractivity contribution in [2.24, 2.45) is 0 Å². The van der Waals surface area contributed by atoms with Crippen molar-refractivity contribution in [3.05, 3.63) is 35.7 Å². The molecule has 2 heterocycles. The minimum atomic E-state index is -0.284. The quantitative estimate of drug-likeness (QED) is 0.845. The summed E-state index contributed by atoms with van der Waals surface area (Å²) in [5.41, 5.74) is 2.71. The molecule has 1 aromatic heterocycles. The van der Waals surface area contributed by atoms with E-state index >= 15 is 0 Å². The number of hydrogen-bond acceptors (Lipinski definition) is 4. The fraction of sp³-hybridized carbons (Fsp3) is 0.444. The number of carbonyl (C=O) groups is 1. The first-order valence-corrected chi connectivity index (χ1v) is 8.61. The van der Waals surface area contributed by atoms with Crippen LogP contribution < -0.4 is 20.1 Å². The van der Waals surface area contributed by atoms with Gasteiger partial charge in [-0.05, 0) is 32.9 Å². The van der Waals surface area contributed by atoms with Crippen LogP contribution in [0, 0.1) is 0 Å². The largest absolute Gasteiger partial charge is 0.494 e. The van der Waals surface area contributed by atoms with Crippen LogP contribution in [0.5, 0.6) is 11.5 Å². The number of rotatable bonds is 6. The molecule has 134 valence electrons. The van der Waals surface area contributed by atoms with E-state index in [9.17, 15) is 4.79 Å². The van der Waals surface area contributed by atoms with Gasteiger partial charge in [0, 0.05) is 36.8 Å². The number of carbonyl (C=O) groups excluding carboxylic acids is 1. The molecule has 0 unspecified atom stereocenters. The van der Waals surface area contributed by atoms with E-state index in [-0.39, 0.29) is 12.1 Å². The zero-order chi connectivity index (χ0) is 17.8. The molecule has 0 spiro atoms. The Morgan fingerprint density at radius 3 is 3.00 bits per heavy atom. The molecule has 0 radical (unpaired) electrons. The van der Waals surface area contributed by atoms with E-state index in [0.717, 1.165) is 35.6 Å². The van der Waals surface area contributed by atoms with Crippen molar-refractivity contribution in [1.82, 2.24) is 15.1 Å².